The van der Waals surface area contributed by atoms with E-state index >= 15 is 0 Å². The Morgan fingerprint density at radius 3 is 2.10 bits per heavy atom. The Bertz CT molecular complexity index is 709. The molecule has 0 aromatic rings. The molecule has 1 aliphatic rings. The number of likely N-dealkylation sites (tertiary alicyclic amines) is 1. The van der Waals surface area contributed by atoms with Gasteiger partial charge in [0.15, 0.2) is 0 Å². The van der Waals surface area contributed by atoms with Crippen LogP contribution in [0.1, 0.15) is 39.0 Å². The highest BCUT2D eigenvalue weighted by Gasteiger charge is 2.38. The van der Waals surface area contributed by atoms with Crippen LogP contribution < -0.4 is 16.4 Å². The Hall–Kier alpha value is -3.22. The summed E-state index contributed by atoms with van der Waals surface area (Å²) in [6, 6.07) is -5.10. The predicted octanol–water partition coefficient (Wildman–Crippen LogP) is -2.28. The van der Waals surface area contributed by atoms with Crippen molar-refractivity contribution in [2.45, 2.75) is 63.2 Å². The lowest BCUT2D eigenvalue weighted by Gasteiger charge is -2.28. The molecule has 0 radical (unpaired) electrons. The van der Waals surface area contributed by atoms with Gasteiger partial charge in [-0.25, -0.2) is 4.79 Å². The van der Waals surface area contributed by atoms with Crippen LogP contribution in [0.2, 0.25) is 0 Å². The first kappa shape index (κ1) is 24.8. The van der Waals surface area contributed by atoms with Gasteiger partial charge in [0.1, 0.15) is 18.1 Å². The van der Waals surface area contributed by atoms with E-state index in [2.05, 4.69) is 10.6 Å². The third kappa shape index (κ3) is 7.31. The lowest BCUT2D eigenvalue weighted by molar-refractivity contribution is -0.150. The van der Waals surface area contributed by atoms with Crippen molar-refractivity contribution < 1.29 is 44.1 Å². The fourth-order valence-corrected chi connectivity index (χ4v) is 2.97. The third-order valence-electron chi connectivity index (χ3n) is 4.51. The largest absolute Gasteiger partial charge is 0.481 e. The quantitative estimate of drug-likeness (QED) is 0.206. The molecule has 30 heavy (non-hydrogen) atoms. The van der Waals surface area contributed by atoms with Crippen LogP contribution in [0.3, 0.4) is 0 Å². The van der Waals surface area contributed by atoms with Gasteiger partial charge in [-0.15, -0.1) is 0 Å². The molecule has 0 aromatic heterocycles. The molecule has 0 aliphatic carbocycles. The zero-order chi connectivity index (χ0) is 23.0. The second kappa shape index (κ2) is 11.1. The van der Waals surface area contributed by atoms with E-state index in [-0.39, 0.29) is 19.4 Å². The average molecular weight is 430 g/mol. The molecule has 4 atom stereocenters. The molecule has 1 saturated heterocycles. The molecule has 0 saturated carbocycles. The summed E-state index contributed by atoms with van der Waals surface area (Å²) in [4.78, 5) is 71.5. The predicted molar refractivity (Wildman–Crippen MR) is 99.0 cm³/mol. The summed E-state index contributed by atoms with van der Waals surface area (Å²) in [6.45, 7) is 1.44. The van der Waals surface area contributed by atoms with Gasteiger partial charge < -0.3 is 36.6 Å². The topological polar surface area (TPSA) is 216 Å². The molecule has 13 nitrogen and oxygen atoms in total. The van der Waals surface area contributed by atoms with E-state index in [9.17, 15) is 33.9 Å². The molecule has 4 unspecified atom stereocenters. The van der Waals surface area contributed by atoms with Crippen molar-refractivity contribution in [1.82, 2.24) is 15.5 Å². The van der Waals surface area contributed by atoms with Crippen molar-refractivity contribution in [2.75, 3.05) is 6.54 Å². The Morgan fingerprint density at radius 1 is 1.00 bits per heavy atom. The lowest BCUT2D eigenvalue weighted by atomic mass is 10.1. The first-order valence-electron chi connectivity index (χ1n) is 9.27. The zero-order valence-electron chi connectivity index (χ0n) is 16.4. The number of hydrogen-bond donors (Lipinski definition) is 6. The molecule has 13 heteroatoms. The summed E-state index contributed by atoms with van der Waals surface area (Å²) in [6.07, 6.45) is -1.01. The van der Waals surface area contributed by atoms with Gasteiger partial charge in [-0.2, -0.15) is 0 Å². The van der Waals surface area contributed by atoms with Crippen LogP contribution in [0, 0.1) is 0 Å². The van der Waals surface area contributed by atoms with Gasteiger partial charge in [0.05, 0.1) is 12.5 Å². The number of carboxylic acid groups (broad SMARTS) is 3. The smallest absolute Gasteiger partial charge is 0.326 e. The van der Waals surface area contributed by atoms with Gasteiger partial charge in [-0.3, -0.25) is 24.0 Å². The summed E-state index contributed by atoms with van der Waals surface area (Å²) in [5.41, 5.74) is 5.40. The lowest BCUT2D eigenvalue weighted by Crippen LogP contribution is -2.57. The number of carbonyl (C=O) groups excluding carboxylic acids is 3. The number of aliphatic carboxylic acids is 3. The summed E-state index contributed by atoms with van der Waals surface area (Å²) in [5.74, 6) is -6.49. The van der Waals surface area contributed by atoms with Crippen LogP contribution in [-0.4, -0.2) is 86.6 Å². The van der Waals surface area contributed by atoms with Crippen LogP contribution in [0.15, 0.2) is 0 Å². The van der Waals surface area contributed by atoms with Crippen molar-refractivity contribution in [1.29, 1.82) is 0 Å². The standard InChI is InChI=1S/C17H26N4O9/c1-8(18)14(26)20-10(7-13(24)25)15(27)19-9(4-5-12(22)23)16(28)21-6-2-3-11(21)17(29)30/h8-11H,2-7,18H2,1H3,(H,19,27)(H,20,26)(H,22,23)(H,24,25)(H,29,30). The molecule has 1 fully saturated rings. The van der Waals surface area contributed by atoms with Crippen molar-refractivity contribution in [3.05, 3.63) is 0 Å². The van der Waals surface area contributed by atoms with Crippen LogP contribution in [-0.2, 0) is 28.8 Å². The van der Waals surface area contributed by atoms with Crippen LogP contribution >= 0.6 is 0 Å². The maximum absolute atomic E-state index is 12.8. The fourth-order valence-electron chi connectivity index (χ4n) is 2.97. The van der Waals surface area contributed by atoms with E-state index in [4.69, 9.17) is 15.9 Å². The molecule has 7 N–H and O–H groups in total. The van der Waals surface area contributed by atoms with Crippen LogP contribution in [0.5, 0.6) is 0 Å². The minimum atomic E-state index is -1.56. The molecule has 1 rings (SSSR count). The van der Waals surface area contributed by atoms with E-state index < -0.39 is 72.6 Å². The minimum Gasteiger partial charge on any atom is -0.481 e. The molecular weight excluding hydrogens is 404 g/mol. The van der Waals surface area contributed by atoms with E-state index in [0.717, 1.165) is 4.90 Å². The number of carbonyl (C=O) groups is 6. The molecule has 0 bridgehead atoms. The van der Waals surface area contributed by atoms with Crippen molar-refractivity contribution in [2.24, 2.45) is 5.73 Å². The van der Waals surface area contributed by atoms with Gasteiger partial charge in [0, 0.05) is 13.0 Å². The van der Waals surface area contributed by atoms with Crippen molar-refractivity contribution in [3.8, 4) is 0 Å². The number of hydrogen-bond acceptors (Lipinski definition) is 7. The number of nitrogens with one attached hydrogen (secondary N) is 2. The number of amides is 3. The van der Waals surface area contributed by atoms with Gasteiger partial charge in [-0.1, -0.05) is 0 Å². The molecule has 168 valence electrons. The molecule has 3 amide bonds. The average Bonchev–Trinajstić information content (AvgIpc) is 3.13. The number of carboxylic acids is 3. The summed E-state index contributed by atoms with van der Waals surface area (Å²) in [7, 11) is 0. The third-order valence-corrected chi connectivity index (χ3v) is 4.51. The van der Waals surface area contributed by atoms with Gasteiger partial charge in [-0.05, 0) is 26.2 Å². The Labute approximate surface area is 171 Å². The zero-order valence-corrected chi connectivity index (χ0v) is 16.4. The van der Waals surface area contributed by atoms with Gasteiger partial charge in [0.2, 0.25) is 17.7 Å². The normalized spacial score (nSPS) is 18.7. The Balaban J connectivity index is 3.02. The maximum atomic E-state index is 12.8. The molecule has 1 aliphatic heterocycles. The first-order chi connectivity index (χ1) is 13.9. The highest BCUT2D eigenvalue weighted by atomic mass is 16.4. The molecular formula is C17H26N4O9. The summed E-state index contributed by atoms with van der Waals surface area (Å²) in [5, 5.41) is 31.6. The Morgan fingerprint density at radius 2 is 1.60 bits per heavy atom. The molecule has 0 spiro atoms. The number of nitrogens with two attached hydrogens (primary N) is 1. The molecule has 0 aromatic carbocycles. The van der Waals surface area contributed by atoms with Gasteiger partial charge in [0.25, 0.3) is 0 Å². The van der Waals surface area contributed by atoms with E-state index in [1.54, 1.807) is 0 Å². The molecule has 1 heterocycles. The van der Waals surface area contributed by atoms with Crippen LogP contribution in [0.25, 0.3) is 0 Å². The van der Waals surface area contributed by atoms with E-state index in [1.165, 1.54) is 6.92 Å². The SMILES string of the molecule is CC(N)C(=O)NC(CC(=O)O)C(=O)NC(CCC(=O)O)C(=O)N1CCCC1C(=O)O. The number of rotatable bonds is 11. The minimum absolute atomic E-state index is 0.120. The Kier molecular flexibility index (Phi) is 9.17. The maximum Gasteiger partial charge on any atom is 0.326 e. The summed E-state index contributed by atoms with van der Waals surface area (Å²) < 4.78 is 0. The van der Waals surface area contributed by atoms with Gasteiger partial charge >= 0.3 is 17.9 Å². The second-order valence-electron chi connectivity index (χ2n) is 6.97. The summed E-state index contributed by atoms with van der Waals surface area (Å²) >= 11 is 0. The first-order valence-corrected chi connectivity index (χ1v) is 9.27. The van der Waals surface area contributed by atoms with E-state index in [1.807, 2.05) is 0 Å². The fraction of sp³-hybridized carbons (Fsp3) is 0.647. The highest BCUT2D eigenvalue weighted by molar-refractivity contribution is 5.95. The van der Waals surface area contributed by atoms with E-state index in [0.29, 0.717) is 6.42 Å². The second-order valence-corrected chi connectivity index (χ2v) is 6.97. The van der Waals surface area contributed by atoms with Crippen molar-refractivity contribution >= 4 is 35.6 Å². The van der Waals surface area contributed by atoms with Crippen LogP contribution in [0.4, 0.5) is 0 Å². The highest BCUT2D eigenvalue weighted by Crippen LogP contribution is 2.19. The van der Waals surface area contributed by atoms with Crippen molar-refractivity contribution in [3.63, 3.8) is 0 Å². The number of nitrogens with zero attached hydrogens (tertiary/aromatic N) is 1. The monoisotopic (exact) mass is 430 g/mol.